The summed E-state index contributed by atoms with van der Waals surface area (Å²) < 4.78 is 0. The highest BCUT2D eigenvalue weighted by Crippen LogP contribution is 2.48. The first kappa shape index (κ1) is 39.5. The fourth-order valence-corrected chi connectivity index (χ4v) is 19.1. The van der Waals surface area contributed by atoms with Gasteiger partial charge in [-0.25, -0.2) is 0 Å². The molecule has 0 radical (unpaired) electrons. The molecule has 0 aromatic heterocycles. The summed E-state index contributed by atoms with van der Waals surface area (Å²) in [5.74, 6) is 0. The maximum Gasteiger partial charge on any atom is 0.113 e. The van der Waals surface area contributed by atoms with Gasteiger partial charge in [0.25, 0.3) is 0 Å². The van der Waals surface area contributed by atoms with Crippen LogP contribution in [0.3, 0.4) is 0 Å². The molecule has 0 saturated heterocycles. The Balaban J connectivity index is 0.964. The maximum absolute atomic E-state index is 2.66. The lowest BCUT2D eigenvalue weighted by Crippen LogP contribution is -2.56. The van der Waals surface area contributed by atoms with E-state index < -0.39 is 16.1 Å². The van der Waals surface area contributed by atoms with E-state index >= 15 is 0 Å². The zero-order chi connectivity index (χ0) is 45.5. The van der Waals surface area contributed by atoms with Gasteiger partial charge in [-0.15, -0.1) is 0 Å². The molecule has 0 amide bonds. The zero-order valence-corrected chi connectivity index (χ0v) is 40.8. The van der Waals surface area contributed by atoms with E-state index in [0.29, 0.717) is 0 Å². The normalized spacial score (nSPS) is 14.1. The largest absolute Gasteiger partial charge is 0.113 e. The summed E-state index contributed by atoms with van der Waals surface area (Å²) in [4.78, 5) is 0. The summed E-state index contributed by atoms with van der Waals surface area (Å²) in [7, 11) is -4.41. The fourth-order valence-electron chi connectivity index (χ4n) is 12.9. The van der Waals surface area contributed by atoms with E-state index in [4.69, 9.17) is 0 Å². The van der Waals surface area contributed by atoms with Crippen LogP contribution in [0.5, 0.6) is 0 Å². The quantitative estimate of drug-likeness (QED) is 0.122. The summed E-state index contributed by atoms with van der Waals surface area (Å²) in [6, 6.07) is 83.1. The van der Waals surface area contributed by atoms with Gasteiger partial charge in [-0.2, -0.15) is 0 Å². The molecule has 320 valence electrons. The highest BCUT2D eigenvalue weighted by Gasteiger charge is 2.43. The second kappa shape index (κ2) is 14.4. The van der Waals surface area contributed by atoms with Crippen molar-refractivity contribution in [1.82, 2.24) is 0 Å². The Morgan fingerprint density at radius 3 is 1.01 bits per heavy atom. The number of benzene rings is 12. The standard InChI is InChI=1S/C66H48Si2/c1-67(2)57-33-19-32-55-65-54-37-35-44(64-52-30-17-13-26-48(52)62(42-22-9-6-10-23-42)49-27-14-18-31-53(49)64)39-59(54)68(3,4)60(65)40-56(66(55)57)45-36-34-43(38-58(45)67)63-50-28-15-11-24-46(50)61(41-20-7-5-8-21-41)47-25-12-16-29-51(47)63/h5-40H,1-4H3. The van der Waals surface area contributed by atoms with Crippen LogP contribution < -0.4 is 20.7 Å². The molecule has 68 heavy (non-hydrogen) atoms. The van der Waals surface area contributed by atoms with Crippen molar-refractivity contribution in [2.75, 3.05) is 0 Å². The lowest BCUT2D eigenvalue weighted by molar-refractivity contribution is 1.62. The van der Waals surface area contributed by atoms with Gasteiger partial charge in [0, 0.05) is 0 Å². The Labute approximate surface area is 399 Å². The van der Waals surface area contributed by atoms with Crippen molar-refractivity contribution in [1.29, 1.82) is 0 Å². The van der Waals surface area contributed by atoms with Gasteiger partial charge in [0.05, 0.1) is 0 Å². The molecule has 0 saturated carbocycles. The van der Waals surface area contributed by atoms with Crippen molar-refractivity contribution < 1.29 is 0 Å². The van der Waals surface area contributed by atoms with Crippen LogP contribution in [0.1, 0.15) is 0 Å². The molecule has 2 heteroatoms. The van der Waals surface area contributed by atoms with Gasteiger partial charge >= 0.3 is 0 Å². The van der Waals surface area contributed by atoms with E-state index in [1.807, 2.05) is 0 Å². The third kappa shape index (κ3) is 5.42. The number of hydrogen-bond acceptors (Lipinski definition) is 0. The van der Waals surface area contributed by atoms with Crippen molar-refractivity contribution in [2.45, 2.75) is 26.2 Å². The summed E-state index contributed by atoms with van der Waals surface area (Å²) >= 11 is 0. The Hall–Kier alpha value is -7.63. The predicted octanol–water partition coefficient (Wildman–Crippen LogP) is 15.7. The number of rotatable bonds is 4. The van der Waals surface area contributed by atoms with Gasteiger partial charge in [0.15, 0.2) is 0 Å². The smallest absolute Gasteiger partial charge is 0.0622 e. The first-order valence-electron chi connectivity index (χ1n) is 24.2. The lowest BCUT2D eigenvalue weighted by atomic mass is 9.85. The highest BCUT2D eigenvalue weighted by atomic mass is 28.3. The van der Waals surface area contributed by atoms with Crippen LogP contribution in [-0.4, -0.2) is 16.1 Å². The molecule has 12 aromatic carbocycles. The molecule has 0 spiro atoms. The molecule has 2 aliphatic heterocycles. The van der Waals surface area contributed by atoms with E-state index in [1.165, 1.54) is 131 Å². The zero-order valence-electron chi connectivity index (χ0n) is 38.8. The first-order chi connectivity index (χ1) is 33.3. The van der Waals surface area contributed by atoms with E-state index in [1.54, 1.807) is 10.4 Å². The van der Waals surface area contributed by atoms with E-state index in [0.717, 1.165) is 0 Å². The monoisotopic (exact) mass is 896 g/mol. The van der Waals surface area contributed by atoms with Gasteiger partial charge in [0.1, 0.15) is 16.1 Å². The first-order valence-corrected chi connectivity index (χ1v) is 30.2. The van der Waals surface area contributed by atoms with Crippen LogP contribution in [0.4, 0.5) is 0 Å². The third-order valence-corrected chi connectivity index (χ3v) is 23.0. The van der Waals surface area contributed by atoms with Gasteiger partial charge in [-0.1, -0.05) is 245 Å². The topological polar surface area (TPSA) is 0 Å². The highest BCUT2D eigenvalue weighted by molar-refractivity contribution is 7.05. The van der Waals surface area contributed by atoms with Crippen molar-refractivity contribution in [2.24, 2.45) is 0 Å². The minimum absolute atomic E-state index is 1.26. The van der Waals surface area contributed by atoms with Crippen LogP contribution in [0.15, 0.2) is 218 Å². The molecule has 0 atom stereocenters. The van der Waals surface area contributed by atoms with Crippen molar-refractivity contribution in [3.8, 4) is 66.8 Å². The molecule has 2 aliphatic rings. The van der Waals surface area contributed by atoms with Crippen LogP contribution >= 0.6 is 0 Å². The predicted molar refractivity (Wildman–Crippen MR) is 300 cm³/mol. The summed E-state index contributed by atoms with van der Waals surface area (Å²) in [6.45, 7) is 10.4. The van der Waals surface area contributed by atoms with Crippen LogP contribution in [-0.2, 0) is 0 Å². The second-order valence-corrected chi connectivity index (χ2v) is 28.9. The number of hydrogen-bond donors (Lipinski definition) is 0. The fraction of sp³-hybridized carbons (Fsp3) is 0.0606. The molecular formula is C66H48Si2. The molecule has 12 aromatic rings. The van der Waals surface area contributed by atoms with E-state index in [-0.39, 0.29) is 0 Å². The van der Waals surface area contributed by atoms with Crippen LogP contribution in [0, 0.1) is 0 Å². The summed E-state index contributed by atoms with van der Waals surface area (Å²) in [5.41, 5.74) is 16.1. The minimum atomic E-state index is -2.21. The summed E-state index contributed by atoms with van der Waals surface area (Å²) in [6.07, 6.45) is 0. The Bertz CT molecular complexity index is 4010. The molecule has 0 bridgehead atoms. The van der Waals surface area contributed by atoms with Crippen molar-refractivity contribution in [3.05, 3.63) is 218 Å². The van der Waals surface area contributed by atoms with E-state index in [2.05, 4.69) is 245 Å². The lowest BCUT2D eigenvalue weighted by Gasteiger charge is -2.35. The molecule has 0 unspecified atom stereocenters. The molecule has 14 rings (SSSR count). The van der Waals surface area contributed by atoms with Gasteiger partial charge in [-0.05, 0) is 141 Å². The van der Waals surface area contributed by atoms with Gasteiger partial charge in [0.2, 0.25) is 0 Å². The molecule has 0 nitrogen and oxygen atoms in total. The van der Waals surface area contributed by atoms with Crippen LogP contribution in [0.2, 0.25) is 26.2 Å². The molecular weight excluding hydrogens is 849 g/mol. The minimum Gasteiger partial charge on any atom is -0.0622 e. The molecule has 0 fully saturated rings. The molecule has 0 N–H and O–H groups in total. The second-order valence-electron chi connectivity index (χ2n) is 20.3. The Morgan fingerprint density at radius 2 is 0.574 bits per heavy atom. The average Bonchev–Trinajstić information content (AvgIpc) is 3.61. The van der Waals surface area contributed by atoms with Crippen molar-refractivity contribution in [3.63, 3.8) is 0 Å². The van der Waals surface area contributed by atoms with Crippen molar-refractivity contribution >= 4 is 90.8 Å². The maximum atomic E-state index is 2.66. The molecule has 2 heterocycles. The van der Waals surface area contributed by atoms with E-state index in [9.17, 15) is 0 Å². The third-order valence-electron chi connectivity index (χ3n) is 16.0. The van der Waals surface area contributed by atoms with Gasteiger partial charge < -0.3 is 0 Å². The Kier molecular flexibility index (Phi) is 8.39. The van der Waals surface area contributed by atoms with Gasteiger partial charge in [-0.3, -0.25) is 0 Å². The number of fused-ring (bicyclic) bond motifs is 10. The van der Waals surface area contributed by atoms with Crippen LogP contribution in [0.25, 0.3) is 121 Å². The summed E-state index contributed by atoms with van der Waals surface area (Å²) in [5, 5.41) is 19.5. The Morgan fingerprint density at radius 1 is 0.221 bits per heavy atom. The molecule has 0 aliphatic carbocycles. The average molecular weight is 897 g/mol. The SMILES string of the molecule is C[Si]1(C)c2cc(-c3c4ccccc4c(-c4ccccc4)c4ccccc34)ccc2-c2c1cc1c3c(cccc23)[Si](C)(C)c2cc(-c3c4ccccc4c(-c4ccccc4)c4ccccc34)ccc2-1.